The Balaban J connectivity index is 0.00000225. The van der Waals surface area contributed by atoms with Gasteiger partial charge >= 0.3 is 29.6 Å². The van der Waals surface area contributed by atoms with Crippen molar-refractivity contribution in [3.63, 3.8) is 0 Å². The molecule has 0 unspecified atom stereocenters. The van der Waals surface area contributed by atoms with E-state index in [9.17, 15) is 19.5 Å². The molecule has 0 saturated carbocycles. The molecule has 0 radical (unpaired) electrons. The molecular weight excluding hydrogens is 379 g/mol. The monoisotopic (exact) mass is 390 g/mol. The van der Waals surface area contributed by atoms with Crippen molar-refractivity contribution < 1.29 is 62.9 Å². The Morgan fingerprint density at radius 3 is 2.57 bits per heavy atom. The molecule has 9 heteroatoms. The molecular formula is C19H11NaO8. The van der Waals surface area contributed by atoms with Crippen molar-refractivity contribution in [1.29, 1.82) is 0 Å². The van der Waals surface area contributed by atoms with Gasteiger partial charge in [-0.15, -0.1) is 0 Å². The van der Waals surface area contributed by atoms with Crippen LogP contribution in [0.25, 0.3) is 11.0 Å². The van der Waals surface area contributed by atoms with Crippen LogP contribution >= 0.6 is 0 Å². The van der Waals surface area contributed by atoms with Gasteiger partial charge in [-0.3, -0.25) is 9.59 Å². The molecule has 2 aromatic carbocycles. The quantitative estimate of drug-likeness (QED) is 0.390. The predicted octanol–water partition coefficient (Wildman–Crippen LogP) is -1.35. The minimum Gasteiger partial charge on any atom is -0.497 e. The summed E-state index contributed by atoms with van der Waals surface area (Å²) in [6.07, 6.45) is -1.86. The van der Waals surface area contributed by atoms with Crippen molar-refractivity contribution in [2.45, 2.75) is 6.61 Å². The Morgan fingerprint density at radius 2 is 1.86 bits per heavy atom. The van der Waals surface area contributed by atoms with Gasteiger partial charge in [0.05, 0.1) is 12.7 Å². The van der Waals surface area contributed by atoms with Crippen molar-refractivity contribution in [1.82, 2.24) is 0 Å². The number of benzene rings is 2. The Hall–Kier alpha value is -2.81. The number of hydrogen-bond donors (Lipinski definition) is 0. The van der Waals surface area contributed by atoms with Crippen LogP contribution in [0, 0.1) is 0 Å². The van der Waals surface area contributed by atoms with Crippen LogP contribution in [0.3, 0.4) is 0 Å². The zero-order chi connectivity index (χ0) is 19.1. The molecule has 0 N–H and O–H groups in total. The Kier molecular flexibility index (Phi) is 5.46. The molecule has 28 heavy (non-hydrogen) atoms. The largest absolute Gasteiger partial charge is 1.00 e. The number of carbonyl (C=O) groups is 2. The van der Waals surface area contributed by atoms with Crippen LogP contribution in [0.5, 0.6) is 17.4 Å². The second kappa shape index (κ2) is 7.67. The van der Waals surface area contributed by atoms with Crippen LogP contribution in [0.4, 0.5) is 4.79 Å². The van der Waals surface area contributed by atoms with Crippen LogP contribution in [0.15, 0.2) is 45.6 Å². The molecule has 0 amide bonds. The summed E-state index contributed by atoms with van der Waals surface area (Å²) in [5.41, 5.74) is 0.669. The minimum atomic E-state index is -1.86. The molecule has 0 saturated heterocycles. The van der Waals surface area contributed by atoms with Gasteiger partial charge in [0.15, 0.2) is 11.2 Å². The zero-order valence-electron chi connectivity index (χ0n) is 14.9. The van der Waals surface area contributed by atoms with E-state index in [1.165, 1.54) is 19.2 Å². The SMILES string of the molecule is COc1ccc2c(c1)COc1c(ccc3oc(OC(=O)[O-])cc(=O)c13)C2=O.[Na+]. The number of carboxylic acid groups (broad SMARTS) is 1. The Bertz CT molecular complexity index is 1160. The number of methoxy groups -OCH3 is 1. The van der Waals surface area contributed by atoms with E-state index in [-0.39, 0.29) is 64.2 Å². The smallest absolute Gasteiger partial charge is 0.497 e. The molecule has 1 aliphatic heterocycles. The van der Waals surface area contributed by atoms with E-state index < -0.39 is 17.5 Å². The van der Waals surface area contributed by atoms with Crippen molar-refractivity contribution in [3.05, 3.63) is 63.3 Å². The summed E-state index contributed by atoms with van der Waals surface area (Å²) in [6.45, 7) is 0.0428. The summed E-state index contributed by atoms with van der Waals surface area (Å²) in [6, 6.07) is 8.68. The fraction of sp³-hybridized carbons (Fsp3) is 0.105. The first-order valence-electron chi connectivity index (χ1n) is 7.82. The van der Waals surface area contributed by atoms with E-state index in [1.807, 2.05) is 0 Å². The van der Waals surface area contributed by atoms with Crippen LogP contribution < -0.4 is 54.3 Å². The van der Waals surface area contributed by atoms with Crippen molar-refractivity contribution >= 4 is 22.9 Å². The molecule has 1 aromatic heterocycles. The van der Waals surface area contributed by atoms with E-state index in [0.717, 1.165) is 6.07 Å². The van der Waals surface area contributed by atoms with Crippen molar-refractivity contribution in [2.75, 3.05) is 7.11 Å². The molecule has 0 atom stereocenters. The van der Waals surface area contributed by atoms with E-state index in [2.05, 4.69) is 4.74 Å². The first-order valence-corrected chi connectivity index (χ1v) is 7.82. The fourth-order valence-corrected chi connectivity index (χ4v) is 2.99. The number of carbonyl (C=O) groups excluding carboxylic acids is 2. The van der Waals surface area contributed by atoms with E-state index >= 15 is 0 Å². The maximum Gasteiger partial charge on any atom is 1.00 e. The second-order valence-corrected chi connectivity index (χ2v) is 5.74. The van der Waals surface area contributed by atoms with Crippen LogP contribution in [-0.2, 0) is 6.61 Å². The fourth-order valence-electron chi connectivity index (χ4n) is 2.99. The Morgan fingerprint density at radius 1 is 1.11 bits per heavy atom. The molecule has 0 spiro atoms. The first kappa shape index (κ1) is 19.9. The summed E-state index contributed by atoms with van der Waals surface area (Å²) >= 11 is 0. The minimum absolute atomic E-state index is 0. The molecule has 8 nitrogen and oxygen atoms in total. The van der Waals surface area contributed by atoms with E-state index in [4.69, 9.17) is 13.9 Å². The Labute approximate surface area is 179 Å². The maximum absolute atomic E-state index is 12.9. The van der Waals surface area contributed by atoms with Gasteiger partial charge in [-0.2, -0.15) is 0 Å². The molecule has 4 rings (SSSR count). The third-order valence-corrected chi connectivity index (χ3v) is 4.18. The van der Waals surface area contributed by atoms with Gasteiger partial charge in [0, 0.05) is 17.2 Å². The van der Waals surface area contributed by atoms with Crippen molar-refractivity contribution in [2.24, 2.45) is 0 Å². The molecule has 0 aliphatic carbocycles. The summed E-state index contributed by atoms with van der Waals surface area (Å²) < 4.78 is 20.5. The average molecular weight is 390 g/mol. The zero-order valence-corrected chi connectivity index (χ0v) is 16.9. The van der Waals surface area contributed by atoms with Gasteiger partial charge in [0.25, 0.3) is 6.16 Å². The van der Waals surface area contributed by atoms with E-state index in [0.29, 0.717) is 16.9 Å². The second-order valence-electron chi connectivity index (χ2n) is 5.74. The number of ether oxygens (including phenoxy) is 3. The van der Waals surface area contributed by atoms with Crippen LogP contribution in [0.1, 0.15) is 21.5 Å². The number of ketones is 1. The normalized spacial score (nSPS) is 12.1. The first-order chi connectivity index (χ1) is 13.0. The number of fused-ring (bicyclic) bond motifs is 4. The predicted molar refractivity (Wildman–Crippen MR) is 89.3 cm³/mol. The molecule has 3 aromatic rings. The van der Waals surface area contributed by atoms with Gasteiger partial charge in [0.2, 0.25) is 5.95 Å². The standard InChI is InChI=1S/C19H12O8.Na/c1-24-10-2-3-11-9(6-10)8-25-18-12(17(11)21)4-5-14-16(18)13(20)7-15(26-14)27-19(22)23;/h2-7H,8H2,1H3,(H,22,23);/q;+1/p-1. The molecule has 0 bridgehead atoms. The average Bonchev–Trinajstić information content (AvgIpc) is 2.77. The van der Waals surface area contributed by atoms with Gasteiger partial charge < -0.3 is 28.5 Å². The van der Waals surface area contributed by atoms with Crippen LogP contribution in [-0.4, -0.2) is 19.0 Å². The van der Waals surface area contributed by atoms with Gasteiger partial charge in [0.1, 0.15) is 29.1 Å². The summed E-state index contributed by atoms with van der Waals surface area (Å²) in [4.78, 5) is 36.0. The summed E-state index contributed by atoms with van der Waals surface area (Å²) in [5.74, 6) is -0.192. The van der Waals surface area contributed by atoms with Gasteiger partial charge in [-0.1, -0.05) is 0 Å². The summed E-state index contributed by atoms with van der Waals surface area (Å²) in [7, 11) is 1.51. The molecule has 2 heterocycles. The van der Waals surface area contributed by atoms with Crippen molar-refractivity contribution in [3.8, 4) is 17.4 Å². The molecule has 1 aliphatic rings. The van der Waals surface area contributed by atoms with E-state index in [1.54, 1.807) is 18.2 Å². The topological polar surface area (TPSA) is 115 Å². The summed E-state index contributed by atoms with van der Waals surface area (Å²) in [5, 5.41) is 10.6. The molecule has 136 valence electrons. The van der Waals surface area contributed by atoms with Gasteiger partial charge in [-0.25, -0.2) is 0 Å². The maximum atomic E-state index is 12.9. The van der Waals surface area contributed by atoms with Crippen LogP contribution in [0.2, 0.25) is 0 Å². The van der Waals surface area contributed by atoms with Gasteiger partial charge in [-0.05, 0) is 30.3 Å². The molecule has 0 fully saturated rings. The number of hydrogen-bond acceptors (Lipinski definition) is 8. The number of rotatable bonds is 2. The third kappa shape index (κ3) is 3.37. The third-order valence-electron chi connectivity index (χ3n) is 4.18.